The molecule has 0 aliphatic carbocycles. The molecule has 7 nitrogen and oxygen atoms in total. The predicted molar refractivity (Wildman–Crippen MR) is 113 cm³/mol. The Bertz CT molecular complexity index is 982. The van der Waals surface area contributed by atoms with Gasteiger partial charge in [-0.05, 0) is 45.9 Å². The van der Waals surface area contributed by atoms with Crippen molar-refractivity contribution in [1.82, 2.24) is 20.2 Å². The largest absolute Gasteiger partial charge is 0.333 e. The molecule has 0 bridgehead atoms. The molecule has 0 spiro atoms. The average molecular weight is 423 g/mol. The molecular formula is C19H23ClN4O3S. The second-order valence-corrected chi connectivity index (χ2v) is 8.96. The van der Waals surface area contributed by atoms with Crippen LogP contribution in [0.2, 0.25) is 5.02 Å². The number of halogens is 1. The number of allylic oxidation sites excluding steroid dienone is 1. The molecule has 9 heteroatoms. The zero-order valence-electron chi connectivity index (χ0n) is 16.2. The summed E-state index contributed by atoms with van der Waals surface area (Å²) in [7, 11) is 0. The molecule has 150 valence electrons. The fraction of sp³-hybridized carbons (Fsp3) is 0.368. The molecular weight excluding hydrogens is 400 g/mol. The zero-order chi connectivity index (χ0) is 21.1. The second kappa shape index (κ2) is 8.79. The third-order valence-electron chi connectivity index (χ3n) is 3.57. The molecule has 0 aliphatic heterocycles. The Kier molecular flexibility index (Phi) is 6.90. The minimum Gasteiger partial charge on any atom is -0.333 e. The van der Waals surface area contributed by atoms with Crippen LogP contribution in [0, 0.1) is 0 Å². The predicted octanol–water partition coefficient (Wildman–Crippen LogP) is 3.34. The highest BCUT2D eigenvalue weighted by atomic mass is 35.5. The molecule has 0 unspecified atom stereocenters. The molecule has 0 radical (unpaired) electrons. The number of urea groups is 1. The van der Waals surface area contributed by atoms with E-state index < -0.39 is 22.7 Å². The van der Waals surface area contributed by atoms with E-state index in [-0.39, 0.29) is 12.1 Å². The van der Waals surface area contributed by atoms with E-state index in [1.54, 1.807) is 31.2 Å². The van der Waals surface area contributed by atoms with Gasteiger partial charge in [-0.15, -0.1) is 6.58 Å². The van der Waals surface area contributed by atoms with Crippen molar-refractivity contribution in [1.29, 1.82) is 0 Å². The Hall–Kier alpha value is -2.32. The first-order valence-corrected chi connectivity index (χ1v) is 9.88. The van der Waals surface area contributed by atoms with E-state index in [1.165, 1.54) is 4.57 Å². The summed E-state index contributed by atoms with van der Waals surface area (Å²) in [6, 6.07) is 4.29. The van der Waals surface area contributed by atoms with Crippen LogP contribution < -0.4 is 16.2 Å². The van der Waals surface area contributed by atoms with Gasteiger partial charge in [-0.25, -0.2) is 9.78 Å². The van der Waals surface area contributed by atoms with Crippen LogP contribution in [0.1, 0.15) is 27.7 Å². The molecule has 0 fully saturated rings. The van der Waals surface area contributed by atoms with Crippen LogP contribution in [0.3, 0.4) is 0 Å². The maximum atomic E-state index is 12.8. The van der Waals surface area contributed by atoms with Gasteiger partial charge in [0, 0.05) is 17.1 Å². The van der Waals surface area contributed by atoms with Crippen LogP contribution in [-0.2, 0) is 11.3 Å². The Morgan fingerprint density at radius 2 is 2.07 bits per heavy atom. The maximum absolute atomic E-state index is 12.8. The van der Waals surface area contributed by atoms with E-state index >= 15 is 0 Å². The van der Waals surface area contributed by atoms with Crippen LogP contribution in [0.25, 0.3) is 10.9 Å². The van der Waals surface area contributed by atoms with Crippen molar-refractivity contribution in [3.8, 4) is 0 Å². The number of aromatic nitrogens is 2. The van der Waals surface area contributed by atoms with Gasteiger partial charge in [0.2, 0.25) is 5.91 Å². The van der Waals surface area contributed by atoms with Crippen LogP contribution in [0.4, 0.5) is 4.79 Å². The lowest BCUT2D eigenvalue weighted by atomic mass is 10.1. The van der Waals surface area contributed by atoms with E-state index in [4.69, 9.17) is 11.6 Å². The molecule has 3 amide bonds. The highest BCUT2D eigenvalue weighted by Gasteiger charge is 2.22. The topological polar surface area (TPSA) is 93.1 Å². The quantitative estimate of drug-likeness (QED) is 0.438. The lowest BCUT2D eigenvalue weighted by molar-refractivity contribution is -0.119. The smallest absolute Gasteiger partial charge is 0.321 e. The van der Waals surface area contributed by atoms with Crippen molar-refractivity contribution in [3.63, 3.8) is 0 Å². The number of fused-ring (bicyclic) bond motifs is 1. The molecule has 2 aromatic rings. The molecule has 28 heavy (non-hydrogen) atoms. The van der Waals surface area contributed by atoms with Gasteiger partial charge in [-0.2, -0.15) is 0 Å². The van der Waals surface area contributed by atoms with Gasteiger partial charge in [0.15, 0.2) is 5.16 Å². The summed E-state index contributed by atoms with van der Waals surface area (Å²) in [6.07, 6.45) is 1.57. The van der Waals surface area contributed by atoms with Gasteiger partial charge >= 0.3 is 6.03 Å². The van der Waals surface area contributed by atoms with Gasteiger partial charge in [0.1, 0.15) is 0 Å². The minimum absolute atomic E-state index is 0.232. The second-order valence-electron chi connectivity index (χ2n) is 7.21. The Labute approximate surface area is 172 Å². The zero-order valence-corrected chi connectivity index (χ0v) is 17.8. The number of benzene rings is 1. The summed E-state index contributed by atoms with van der Waals surface area (Å²) in [5.74, 6) is -0.484. The molecule has 1 aromatic carbocycles. The highest BCUT2D eigenvalue weighted by molar-refractivity contribution is 8.00. The molecule has 1 aromatic heterocycles. The number of hydrogen-bond donors (Lipinski definition) is 2. The van der Waals surface area contributed by atoms with Crippen LogP contribution in [-0.4, -0.2) is 32.3 Å². The molecule has 1 heterocycles. The lowest BCUT2D eigenvalue weighted by Crippen LogP contribution is -2.49. The third-order valence-corrected chi connectivity index (χ3v) is 4.89. The Morgan fingerprint density at radius 3 is 2.68 bits per heavy atom. The molecule has 0 aliphatic rings. The van der Waals surface area contributed by atoms with Crippen LogP contribution >= 0.6 is 23.4 Å². The van der Waals surface area contributed by atoms with Crippen molar-refractivity contribution < 1.29 is 9.59 Å². The van der Waals surface area contributed by atoms with E-state index in [9.17, 15) is 14.4 Å². The number of amides is 3. The highest BCUT2D eigenvalue weighted by Crippen LogP contribution is 2.24. The number of imide groups is 1. The number of nitrogens with one attached hydrogen (secondary N) is 2. The third kappa shape index (κ3) is 5.59. The van der Waals surface area contributed by atoms with Crippen molar-refractivity contribution in [2.45, 2.75) is 50.2 Å². The van der Waals surface area contributed by atoms with Crippen LogP contribution in [0.15, 0.2) is 40.8 Å². The van der Waals surface area contributed by atoms with Crippen molar-refractivity contribution >= 4 is 46.2 Å². The van der Waals surface area contributed by atoms with E-state index in [0.717, 1.165) is 11.8 Å². The number of carbonyl (C=O) groups is 2. The Balaban J connectivity index is 2.29. The van der Waals surface area contributed by atoms with Gasteiger partial charge < -0.3 is 5.32 Å². The van der Waals surface area contributed by atoms with Gasteiger partial charge in [-0.3, -0.25) is 19.5 Å². The summed E-state index contributed by atoms with van der Waals surface area (Å²) in [5, 5.41) is 5.50. The summed E-state index contributed by atoms with van der Waals surface area (Å²) >= 11 is 7.08. The summed E-state index contributed by atoms with van der Waals surface area (Å²) in [6.45, 7) is 11.0. The monoisotopic (exact) mass is 422 g/mol. The molecule has 1 atom stereocenters. The summed E-state index contributed by atoms with van der Waals surface area (Å²) in [5.41, 5.74) is -0.255. The molecule has 0 saturated carbocycles. The van der Waals surface area contributed by atoms with Gasteiger partial charge in [0.25, 0.3) is 5.56 Å². The van der Waals surface area contributed by atoms with E-state index in [0.29, 0.717) is 21.1 Å². The van der Waals surface area contributed by atoms with Crippen molar-refractivity contribution in [2.24, 2.45) is 0 Å². The SMILES string of the molecule is C=CCn1c(S[C@H](C)C(=O)NC(=O)NC(C)(C)C)nc2ccc(Cl)cc2c1=O. The van der Waals surface area contributed by atoms with E-state index in [2.05, 4.69) is 22.2 Å². The maximum Gasteiger partial charge on any atom is 0.321 e. The van der Waals surface area contributed by atoms with Crippen molar-refractivity contribution in [3.05, 3.63) is 46.2 Å². The van der Waals surface area contributed by atoms with Gasteiger partial charge in [0.05, 0.1) is 16.2 Å². The number of nitrogens with zero attached hydrogens (tertiary/aromatic N) is 2. The number of carbonyl (C=O) groups excluding carboxylic acids is 2. The first-order chi connectivity index (χ1) is 13.0. The number of hydrogen-bond acceptors (Lipinski definition) is 5. The fourth-order valence-electron chi connectivity index (χ4n) is 2.35. The minimum atomic E-state index is -0.654. The number of thioether (sulfide) groups is 1. The van der Waals surface area contributed by atoms with E-state index in [1.807, 2.05) is 20.8 Å². The Morgan fingerprint density at radius 1 is 1.39 bits per heavy atom. The van der Waals surface area contributed by atoms with Crippen LogP contribution in [0.5, 0.6) is 0 Å². The van der Waals surface area contributed by atoms with Gasteiger partial charge in [-0.1, -0.05) is 29.4 Å². The summed E-state index contributed by atoms with van der Waals surface area (Å²) in [4.78, 5) is 41.6. The molecule has 2 N–H and O–H groups in total. The molecule has 2 rings (SSSR count). The molecule has 0 saturated heterocycles. The summed E-state index contributed by atoms with van der Waals surface area (Å²) < 4.78 is 1.43. The lowest BCUT2D eigenvalue weighted by Gasteiger charge is -2.21. The normalized spacial score (nSPS) is 12.5. The number of rotatable bonds is 5. The average Bonchev–Trinajstić information content (AvgIpc) is 2.57. The first-order valence-electron chi connectivity index (χ1n) is 8.62. The van der Waals surface area contributed by atoms with Crippen molar-refractivity contribution in [2.75, 3.05) is 0 Å². The first kappa shape index (κ1) is 22.0. The fourth-order valence-corrected chi connectivity index (χ4v) is 3.44. The standard InChI is InChI=1S/C19H23ClN4O3S/c1-6-9-24-16(26)13-10-12(20)7-8-14(13)21-18(24)28-11(2)15(25)22-17(27)23-19(3,4)5/h6-8,10-11H,1,9H2,2-5H3,(H2,22,23,25,27)/t11-/m1/s1.